The Bertz CT molecular complexity index is 3210. The first kappa shape index (κ1) is 30.0. The van der Waals surface area contributed by atoms with Crippen LogP contribution in [0.15, 0.2) is 182 Å². The lowest BCUT2D eigenvalue weighted by Crippen LogP contribution is -1.92. The van der Waals surface area contributed by atoms with Gasteiger partial charge in [0.1, 0.15) is 0 Å². The summed E-state index contributed by atoms with van der Waals surface area (Å²) in [5.41, 5.74) is 11.1. The molecule has 0 aliphatic carbocycles. The van der Waals surface area contributed by atoms with Gasteiger partial charge in [0.05, 0.1) is 22.9 Å². The molecule has 0 aliphatic heterocycles. The smallest absolute Gasteiger partial charge is 0.0979 e. The van der Waals surface area contributed by atoms with Gasteiger partial charge in [-0.3, -0.25) is 4.98 Å². The molecule has 0 unspecified atom stereocenters. The molecule has 0 bridgehead atoms. The van der Waals surface area contributed by atoms with Crippen molar-refractivity contribution in [2.75, 3.05) is 0 Å². The Hall–Kier alpha value is -6.68. The average molecular weight is 691 g/mol. The van der Waals surface area contributed by atoms with Crippen LogP contribution in [0.4, 0.5) is 0 Å². The maximum Gasteiger partial charge on any atom is 0.0979 e. The van der Waals surface area contributed by atoms with Crippen molar-refractivity contribution in [3.63, 3.8) is 0 Å². The molecule has 2 nitrogen and oxygen atoms in total. The van der Waals surface area contributed by atoms with Crippen molar-refractivity contribution in [3.05, 3.63) is 182 Å². The van der Waals surface area contributed by atoms with Crippen molar-refractivity contribution in [3.8, 4) is 44.6 Å². The summed E-state index contributed by atoms with van der Waals surface area (Å²) in [6, 6.07) is 63.6. The minimum Gasteiger partial charge on any atom is -0.252 e. The summed E-state index contributed by atoms with van der Waals surface area (Å²) in [6.07, 6.45) is 1.93. The second kappa shape index (κ2) is 11.9. The minimum atomic E-state index is 0.867. The van der Waals surface area contributed by atoms with E-state index >= 15 is 0 Å². The Morgan fingerprint density at radius 2 is 0.811 bits per heavy atom. The predicted octanol–water partition coefficient (Wildman–Crippen LogP) is 14.1. The average Bonchev–Trinajstić information content (AvgIpc) is 3.62. The molecule has 0 fully saturated rings. The third-order valence-electron chi connectivity index (χ3n) is 10.7. The third kappa shape index (κ3) is 4.78. The van der Waals surface area contributed by atoms with Gasteiger partial charge in [-0.1, -0.05) is 158 Å². The van der Waals surface area contributed by atoms with Crippen LogP contribution >= 0.6 is 11.3 Å². The molecule has 0 atom stereocenters. The molecule has 3 heteroatoms. The Morgan fingerprint density at radius 1 is 0.340 bits per heavy atom. The quantitative estimate of drug-likeness (QED) is 0.172. The fourth-order valence-corrected chi connectivity index (χ4v) is 9.49. The number of benzene rings is 9. The molecule has 9 aromatic carbocycles. The molecule has 0 aliphatic rings. The van der Waals surface area contributed by atoms with Crippen molar-refractivity contribution >= 4 is 74.9 Å². The van der Waals surface area contributed by atoms with E-state index in [2.05, 4.69) is 176 Å². The summed E-state index contributed by atoms with van der Waals surface area (Å²) in [4.78, 5) is 10.3. The highest BCUT2D eigenvalue weighted by Gasteiger charge is 2.15. The molecule has 246 valence electrons. The number of nitrogens with zero attached hydrogens (tertiary/aromatic N) is 2. The van der Waals surface area contributed by atoms with E-state index in [-0.39, 0.29) is 0 Å². The number of hydrogen-bond donors (Lipinski definition) is 0. The van der Waals surface area contributed by atoms with Gasteiger partial charge >= 0.3 is 0 Å². The van der Waals surface area contributed by atoms with Crippen molar-refractivity contribution in [2.24, 2.45) is 0 Å². The molecule has 0 saturated heterocycles. The van der Waals surface area contributed by atoms with E-state index in [1.54, 1.807) is 0 Å². The van der Waals surface area contributed by atoms with E-state index in [1.807, 2.05) is 17.5 Å². The van der Waals surface area contributed by atoms with E-state index in [0.717, 1.165) is 38.6 Å². The lowest BCUT2D eigenvalue weighted by molar-refractivity contribution is 1.31. The molecule has 11 rings (SSSR count). The molecule has 0 spiro atoms. The zero-order valence-electron chi connectivity index (χ0n) is 28.6. The van der Waals surface area contributed by atoms with Crippen molar-refractivity contribution in [2.45, 2.75) is 0 Å². The lowest BCUT2D eigenvalue weighted by Gasteiger charge is -2.14. The maximum absolute atomic E-state index is 5.28. The first-order valence-corrected chi connectivity index (χ1v) is 18.8. The fourth-order valence-electron chi connectivity index (χ4n) is 8.25. The Morgan fingerprint density at radius 3 is 1.49 bits per heavy atom. The Labute approximate surface area is 310 Å². The van der Waals surface area contributed by atoms with Crippen LogP contribution in [0.2, 0.25) is 0 Å². The molecule has 53 heavy (non-hydrogen) atoms. The first-order chi connectivity index (χ1) is 26.3. The fraction of sp³-hybridized carbons (Fsp3) is 0. The van der Waals surface area contributed by atoms with E-state index in [1.165, 1.54) is 69.5 Å². The molecule has 0 radical (unpaired) electrons. The molecule has 0 amide bonds. The summed E-state index contributed by atoms with van der Waals surface area (Å²) < 4.78 is 2.66. The molecule has 0 saturated carbocycles. The van der Waals surface area contributed by atoms with Gasteiger partial charge in [0.25, 0.3) is 0 Å². The van der Waals surface area contributed by atoms with Crippen LogP contribution < -0.4 is 0 Å². The highest BCUT2D eigenvalue weighted by atomic mass is 32.1. The van der Waals surface area contributed by atoms with Crippen molar-refractivity contribution in [1.29, 1.82) is 0 Å². The van der Waals surface area contributed by atoms with Crippen LogP contribution in [0, 0.1) is 0 Å². The molecular formula is C50H30N2S. The topological polar surface area (TPSA) is 25.8 Å². The van der Waals surface area contributed by atoms with Gasteiger partial charge < -0.3 is 0 Å². The minimum absolute atomic E-state index is 0.867. The van der Waals surface area contributed by atoms with Crippen LogP contribution in [0.5, 0.6) is 0 Å². The van der Waals surface area contributed by atoms with E-state index in [9.17, 15) is 0 Å². The number of thiophene rings is 1. The second-order valence-corrected chi connectivity index (χ2v) is 14.7. The Balaban J connectivity index is 1.02. The number of aromatic nitrogens is 2. The van der Waals surface area contributed by atoms with Gasteiger partial charge in [-0.05, 0) is 73.1 Å². The molecule has 0 N–H and O–H groups in total. The summed E-state index contributed by atoms with van der Waals surface area (Å²) >= 11 is 1.88. The largest absolute Gasteiger partial charge is 0.252 e. The third-order valence-corrected chi connectivity index (χ3v) is 11.9. The van der Waals surface area contributed by atoms with Crippen LogP contribution in [0.25, 0.3) is 108 Å². The van der Waals surface area contributed by atoms with Crippen molar-refractivity contribution < 1.29 is 0 Å². The standard InChI is InChI=1S/C50H30N2S/c1-3-19-43-40(16-1)41-17-2-4-20-44(41)49-48(43)51-30-46(52-49)34-15-8-13-32(29-34)36-22-10-24-38-35(21-9-25-39(36)38)31-12-7-14-33(28-31)37-23-11-26-45-42-18-5-6-27-47(42)53-50(37)45/h1-30H. The maximum atomic E-state index is 5.28. The zero-order valence-corrected chi connectivity index (χ0v) is 29.4. The zero-order chi connectivity index (χ0) is 34.9. The van der Waals surface area contributed by atoms with Crippen LogP contribution in [-0.4, -0.2) is 9.97 Å². The van der Waals surface area contributed by atoms with Crippen LogP contribution in [-0.2, 0) is 0 Å². The van der Waals surface area contributed by atoms with Gasteiger partial charge in [0.2, 0.25) is 0 Å². The lowest BCUT2D eigenvalue weighted by atomic mass is 9.91. The van der Waals surface area contributed by atoms with E-state index in [0.29, 0.717) is 0 Å². The molecule has 11 aromatic rings. The van der Waals surface area contributed by atoms with Gasteiger partial charge in [-0.2, -0.15) is 0 Å². The summed E-state index contributed by atoms with van der Waals surface area (Å²) in [6.45, 7) is 0. The van der Waals surface area contributed by atoms with Crippen LogP contribution in [0.3, 0.4) is 0 Å². The monoisotopic (exact) mass is 690 g/mol. The van der Waals surface area contributed by atoms with E-state index in [4.69, 9.17) is 9.97 Å². The molecule has 2 aromatic heterocycles. The van der Waals surface area contributed by atoms with Gasteiger partial charge in [0.15, 0.2) is 0 Å². The second-order valence-electron chi connectivity index (χ2n) is 13.7. The number of fused-ring (bicyclic) bond motifs is 10. The number of hydrogen-bond acceptors (Lipinski definition) is 3. The summed E-state index contributed by atoms with van der Waals surface area (Å²) in [5, 5.41) is 9.76. The van der Waals surface area contributed by atoms with Gasteiger partial charge in [-0.15, -0.1) is 11.3 Å². The summed E-state index contributed by atoms with van der Waals surface area (Å²) in [5.74, 6) is 0. The first-order valence-electron chi connectivity index (χ1n) is 18.0. The van der Waals surface area contributed by atoms with Crippen molar-refractivity contribution in [1.82, 2.24) is 9.97 Å². The highest BCUT2D eigenvalue weighted by molar-refractivity contribution is 7.26. The Kier molecular flexibility index (Phi) is 6.76. The molecular weight excluding hydrogens is 661 g/mol. The van der Waals surface area contributed by atoms with Gasteiger partial charge in [-0.25, -0.2) is 4.98 Å². The SMILES string of the molecule is c1cc(-c2cnc3c4ccccc4c4ccccc4c3n2)cc(-c2cccc3c(-c4cccc(-c5cccc6c5sc5ccccc56)c4)cccc23)c1. The predicted molar refractivity (Wildman–Crippen MR) is 227 cm³/mol. The molecule has 2 heterocycles. The van der Waals surface area contributed by atoms with Gasteiger partial charge in [0, 0.05) is 36.5 Å². The summed E-state index contributed by atoms with van der Waals surface area (Å²) in [7, 11) is 0. The van der Waals surface area contributed by atoms with Crippen LogP contribution in [0.1, 0.15) is 0 Å². The van der Waals surface area contributed by atoms with E-state index < -0.39 is 0 Å². The highest BCUT2D eigenvalue weighted by Crippen LogP contribution is 2.42. The normalized spacial score (nSPS) is 11.8. The number of rotatable bonds is 4.